The molecule has 0 heterocycles. The molecule has 0 atom stereocenters. The van der Waals surface area contributed by atoms with Crippen LogP contribution in [0.25, 0.3) is 0 Å². The largest absolute Gasteiger partial charge is 2.00 e. The topological polar surface area (TPSA) is 269 Å². The van der Waals surface area contributed by atoms with Gasteiger partial charge in [-0.3, -0.25) is 0 Å². The molecule has 0 aliphatic rings. The van der Waals surface area contributed by atoms with E-state index >= 15 is 0 Å². The zero-order valence-electron chi connectivity index (χ0n) is 10.2. The molecule has 0 fully saturated rings. The molecule has 0 aliphatic heterocycles. The van der Waals surface area contributed by atoms with Gasteiger partial charge in [-0.25, -0.2) is 0 Å². The standard InChI is InChI=1S/2C3H5GeO2.Mg.6H2O/c2*4-2-1-3(5)6;;;;;;;/h2*1-2H2,(H,5,6);;6*1H2/q;;+2;;;;;;/p-2. The van der Waals surface area contributed by atoms with Gasteiger partial charge in [0, 0.05) is 0 Å². The van der Waals surface area contributed by atoms with E-state index in [0.717, 1.165) is 0 Å². The predicted molar refractivity (Wildman–Crippen MR) is 67.8 cm³/mol. The molecule has 0 aliphatic carbocycles. The first-order valence-electron chi connectivity index (χ1n) is 3.23. The van der Waals surface area contributed by atoms with Crippen molar-refractivity contribution in [2.45, 2.75) is 23.3 Å². The number of aliphatic carboxylic acids is 2. The third kappa shape index (κ3) is 118. The molecule has 0 unspecified atom stereocenters. The Morgan fingerprint density at radius 3 is 0.842 bits per heavy atom. The van der Waals surface area contributed by atoms with Crippen LogP contribution in [0.15, 0.2) is 0 Å². The first kappa shape index (κ1) is 60.4. The quantitative estimate of drug-likeness (QED) is 0.399. The van der Waals surface area contributed by atoms with E-state index in [9.17, 15) is 19.8 Å². The van der Waals surface area contributed by atoms with Gasteiger partial charge in [-0.1, -0.05) is 0 Å². The molecule has 19 heavy (non-hydrogen) atoms. The fourth-order valence-corrected chi connectivity index (χ4v) is 1.06. The molecule has 0 amide bonds. The fraction of sp³-hybridized carbons (Fsp3) is 0.667. The van der Waals surface area contributed by atoms with Gasteiger partial charge >= 0.3 is 111 Å². The zero-order chi connectivity index (χ0) is 9.98. The van der Waals surface area contributed by atoms with Crippen LogP contribution in [0.3, 0.4) is 0 Å². The van der Waals surface area contributed by atoms with E-state index in [1.165, 1.54) is 0 Å². The van der Waals surface area contributed by atoms with Crippen LogP contribution in [0.1, 0.15) is 12.8 Å². The SMILES string of the molecule is O.O.O.O.O.O.O=C([O-])C[CH2][Ge].O=C([O-])C[CH2][Ge].[Mg+2]. The summed E-state index contributed by atoms with van der Waals surface area (Å²) >= 11 is 3.60. The second-order valence-corrected chi connectivity index (χ2v) is 3.84. The molecular formula is C6H20Ge2MgO10. The molecule has 0 saturated heterocycles. The molecule has 6 radical (unpaired) electrons. The Morgan fingerprint density at radius 1 is 0.684 bits per heavy atom. The molecule has 12 N–H and O–H groups in total. The van der Waals surface area contributed by atoms with Crippen molar-refractivity contribution in [1.82, 2.24) is 0 Å². The van der Waals surface area contributed by atoms with Gasteiger partial charge in [0.15, 0.2) is 0 Å². The average molecular weight is 422 g/mol. The van der Waals surface area contributed by atoms with Crippen LogP contribution < -0.4 is 10.2 Å². The van der Waals surface area contributed by atoms with Crippen molar-refractivity contribution in [3.05, 3.63) is 0 Å². The molecule has 13 heteroatoms. The zero-order valence-corrected chi connectivity index (χ0v) is 15.8. The van der Waals surface area contributed by atoms with Crippen molar-refractivity contribution in [3.8, 4) is 0 Å². The molecule has 10 nitrogen and oxygen atoms in total. The van der Waals surface area contributed by atoms with E-state index in [0.29, 0.717) is 10.5 Å². The predicted octanol–water partition coefficient (Wildman–Crippen LogP) is -7.90. The minimum atomic E-state index is -0.961. The summed E-state index contributed by atoms with van der Waals surface area (Å²) in [5.74, 6) is -1.92. The number of carboxylic acid groups (broad SMARTS) is 2. The molecule has 0 aromatic rings. The molecule has 0 aromatic heterocycles. The molecule has 0 bridgehead atoms. The van der Waals surface area contributed by atoms with Gasteiger partial charge in [0.05, 0.1) is 0 Å². The first-order valence-corrected chi connectivity index (χ1v) is 6.20. The van der Waals surface area contributed by atoms with Crippen LogP contribution in [-0.2, 0) is 9.59 Å². The van der Waals surface area contributed by atoms with E-state index in [4.69, 9.17) is 0 Å². The Labute approximate surface area is 143 Å². The summed E-state index contributed by atoms with van der Waals surface area (Å²) in [5, 5.41) is 20.3. The van der Waals surface area contributed by atoms with Gasteiger partial charge < -0.3 is 32.9 Å². The Hall–Kier alpha value is 0.552. The summed E-state index contributed by atoms with van der Waals surface area (Å²) < 4.78 is 0. The first-order chi connectivity index (χ1) is 5.54. The van der Waals surface area contributed by atoms with E-state index < -0.39 is 11.9 Å². The van der Waals surface area contributed by atoms with Crippen LogP contribution in [0, 0.1) is 0 Å². The maximum absolute atomic E-state index is 9.49. The third-order valence-electron chi connectivity index (χ3n) is 0.658. The van der Waals surface area contributed by atoms with Crippen LogP contribution in [0.4, 0.5) is 0 Å². The van der Waals surface area contributed by atoms with Gasteiger partial charge in [-0.05, 0) is 0 Å². The second-order valence-electron chi connectivity index (χ2n) is 1.74. The minimum Gasteiger partial charge on any atom is 2.00 e. The van der Waals surface area contributed by atoms with Crippen LogP contribution in [-0.4, -0.2) is 101 Å². The Balaban J connectivity index is -0.0000000110. The van der Waals surface area contributed by atoms with Crippen molar-refractivity contribution in [3.63, 3.8) is 0 Å². The molecule has 0 aromatic carbocycles. The van der Waals surface area contributed by atoms with Crippen LogP contribution >= 0.6 is 0 Å². The number of rotatable bonds is 4. The van der Waals surface area contributed by atoms with Gasteiger partial charge in [0.1, 0.15) is 0 Å². The average Bonchev–Trinajstić information content (AvgIpc) is 1.87. The smallest absolute Gasteiger partial charge is 2.00 e. The van der Waals surface area contributed by atoms with Crippen molar-refractivity contribution in [1.29, 1.82) is 0 Å². The van der Waals surface area contributed by atoms with Crippen molar-refractivity contribution < 1.29 is 52.7 Å². The van der Waals surface area contributed by atoms with Crippen LogP contribution in [0.5, 0.6) is 0 Å². The van der Waals surface area contributed by atoms with Crippen molar-refractivity contribution in [2.24, 2.45) is 0 Å². The summed E-state index contributed by atoms with van der Waals surface area (Å²) in [6.45, 7) is 0. The van der Waals surface area contributed by atoms with Gasteiger partial charge in [0.25, 0.3) is 0 Å². The number of carbonyl (C=O) groups excluding carboxylic acids is 2. The summed E-state index contributed by atoms with van der Waals surface area (Å²) in [6, 6.07) is 0. The molecular weight excluding hydrogens is 402 g/mol. The number of carboxylic acids is 2. The molecule has 0 spiro atoms. The maximum atomic E-state index is 9.49. The number of hydrogen-bond donors (Lipinski definition) is 0. The summed E-state index contributed by atoms with van der Waals surface area (Å²) in [4.78, 5) is 19.0. The van der Waals surface area contributed by atoms with Gasteiger partial charge in [-0.2, -0.15) is 0 Å². The normalized spacial score (nSPS) is 5.16. The van der Waals surface area contributed by atoms with Crippen molar-refractivity contribution in [2.75, 3.05) is 0 Å². The summed E-state index contributed by atoms with van der Waals surface area (Å²) in [7, 11) is 0. The number of hydrogen-bond acceptors (Lipinski definition) is 4. The molecule has 114 valence electrons. The Bertz CT molecular complexity index is 134. The minimum absolute atomic E-state index is 0. The van der Waals surface area contributed by atoms with Gasteiger partial charge in [0.2, 0.25) is 0 Å². The Kier molecular flexibility index (Phi) is 163. The van der Waals surface area contributed by atoms with E-state index in [2.05, 4.69) is 0 Å². The van der Waals surface area contributed by atoms with E-state index in [-0.39, 0.29) is 68.8 Å². The Morgan fingerprint density at radius 2 is 0.842 bits per heavy atom. The fourth-order valence-electron chi connectivity index (χ4n) is 0.204. The monoisotopic (exact) mass is 424 g/mol. The van der Waals surface area contributed by atoms with E-state index in [1.807, 2.05) is 0 Å². The molecule has 0 saturated carbocycles. The number of carbonyl (C=O) groups is 2. The second kappa shape index (κ2) is 51.3. The van der Waals surface area contributed by atoms with Crippen molar-refractivity contribution >= 4 is 68.0 Å². The van der Waals surface area contributed by atoms with Gasteiger partial charge in [-0.15, -0.1) is 0 Å². The summed E-state index contributed by atoms with van der Waals surface area (Å²) in [6.07, 6.45) is 0.361. The van der Waals surface area contributed by atoms with Crippen LogP contribution in [0.2, 0.25) is 10.5 Å². The third-order valence-corrected chi connectivity index (χ3v) is 1.71. The molecule has 0 rings (SSSR count). The summed E-state index contributed by atoms with van der Waals surface area (Å²) in [5.41, 5.74) is 0. The van der Waals surface area contributed by atoms with E-state index in [1.54, 1.807) is 33.0 Å². The maximum Gasteiger partial charge on any atom is 2.00 e.